The summed E-state index contributed by atoms with van der Waals surface area (Å²) in [4.78, 5) is 17.3. The Hall–Kier alpha value is -0.610. The van der Waals surface area contributed by atoms with Crippen molar-refractivity contribution in [2.45, 2.75) is 83.0 Å². The third-order valence-corrected chi connectivity index (χ3v) is 5.42. The number of amides is 1. The molecule has 3 aliphatic rings. The third-order valence-electron chi connectivity index (χ3n) is 5.42. The predicted octanol–water partition coefficient (Wildman–Crippen LogP) is 2.01. The van der Waals surface area contributed by atoms with Gasteiger partial charge in [-0.05, 0) is 71.3 Å². The lowest BCUT2D eigenvalue weighted by molar-refractivity contribution is -0.136. The van der Waals surface area contributed by atoms with Crippen LogP contribution in [0.25, 0.3) is 0 Å². The fourth-order valence-corrected chi connectivity index (χ4v) is 3.94. The Kier molecular flexibility index (Phi) is 4.55. The van der Waals surface area contributed by atoms with Crippen LogP contribution in [0.5, 0.6) is 0 Å². The summed E-state index contributed by atoms with van der Waals surface area (Å²) in [6.45, 7) is 5.67. The Labute approximate surface area is 128 Å². The minimum absolute atomic E-state index is 0.268. The molecule has 0 bridgehead atoms. The lowest BCUT2D eigenvalue weighted by atomic mass is 10.1. The van der Waals surface area contributed by atoms with Crippen molar-refractivity contribution in [3.8, 4) is 0 Å². The van der Waals surface area contributed by atoms with Crippen molar-refractivity contribution in [2.24, 2.45) is 5.92 Å². The van der Waals surface area contributed by atoms with E-state index in [4.69, 9.17) is 0 Å². The third kappa shape index (κ3) is 3.78. The molecule has 0 radical (unpaired) electrons. The molecule has 2 saturated carbocycles. The molecule has 0 aromatic rings. The molecule has 4 heteroatoms. The van der Waals surface area contributed by atoms with Crippen molar-refractivity contribution in [2.75, 3.05) is 13.1 Å². The Morgan fingerprint density at radius 2 is 1.95 bits per heavy atom. The number of carbonyl (C=O) groups excluding carboxylic acids is 1. The number of hydrogen-bond donors (Lipinski definition) is 1. The highest BCUT2D eigenvalue weighted by atomic mass is 16.3. The van der Waals surface area contributed by atoms with Crippen LogP contribution in [0.3, 0.4) is 0 Å². The first-order valence-electron chi connectivity index (χ1n) is 8.79. The van der Waals surface area contributed by atoms with Crippen molar-refractivity contribution in [3.05, 3.63) is 0 Å². The van der Waals surface area contributed by atoms with Crippen molar-refractivity contribution in [3.63, 3.8) is 0 Å². The molecule has 3 fully saturated rings. The van der Waals surface area contributed by atoms with Crippen LogP contribution in [0.2, 0.25) is 0 Å². The maximum Gasteiger partial charge on any atom is 0.237 e. The molecular weight excluding hydrogens is 264 g/mol. The largest absolute Gasteiger partial charge is 0.393 e. The van der Waals surface area contributed by atoms with Gasteiger partial charge in [-0.15, -0.1) is 0 Å². The molecule has 0 aromatic heterocycles. The number of hydrogen-bond acceptors (Lipinski definition) is 3. The second-order valence-corrected chi connectivity index (χ2v) is 7.46. The number of likely N-dealkylation sites (tertiary alicyclic amines) is 1. The first-order chi connectivity index (χ1) is 10.1. The number of aliphatic hydroxyl groups excluding tert-OH is 1. The van der Waals surface area contributed by atoms with Gasteiger partial charge in [0.2, 0.25) is 5.91 Å². The van der Waals surface area contributed by atoms with Crippen molar-refractivity contribution < 1.29 is 9.90 Å². The van der Waals surface area contributed by atoms with E-state index in [-0.39, 0.29) is 6.10 Å². The molecule has 1 amide bonds. The molecule has 21 heavy (non-hydrogen) atoms. The van der Waals surface area contributed by atoms with E-state index in [1.165, 1.54) is 25.7 Å². The van der Waals surface area contributed by atoms with Crippen LogP contribution in [-0.4, -0.2) is 58.1 Å². The smallest absolute Gasteiger partial charge is 0.237 e. The Bertz CT molecular complexity index is 377. The molecular formula is C17H30N2O2. The van der Waals surface area contributed by atoms with Gasteiger partial charge in [-0.3, -0.25) is 9.69 Å². The highest BCUT2D eigenvalue weighted by Crippen LogP contribution is 2.40. The van der Waals surface area contributed by atoms with Gasteiger partial charge in [0.25, 0.3) is 0 Å². The number of aliphatic hydroxyl groups is 1. The molecule has 3 unspecified atom stereocenters. The van der Waals surface area contributed by atoms with E-state index < -0.39 is 0 Å². The molecule has 1 aliphatic heterocycles. The summed E-state index contributed by atoms with van der Waals surface area (Å²) in [6, 6.07) is 1.35. The van der Waals surface area contributed by atoms with Gasteiger partial charge in [-0.25, -0.2) is 0 Å². The summed E-state index contributed by atoms with van der Waals surface area (Å²) in [5.74, 6) is 1.08. The van der Waals surface area contributed by atoms with Crippen LogP contribution in [0.1, 0.15) is 58.8 Å². The summed E-state index contributed by atoms with van der Waals surface area (Å²) in [6.07, 6.45) is 7.80. The zero-order valence-electron chi connectivity index (χ0n) is 13.5. The van der Waals surface area contributed by atoms with E-state index in [9.17, 15) is 9.90 Å². The van der Waals surface area contributed by atoms with E-state index >= 15 is 0 Å². The summed E-state index contributed by atoms with van der Waals surface area (Å²) in [5, 5.41) is 9.62. The SMILES string of the molecule is CC(O)CC1CCCN1CC(=O)N(C1CC1)C(C)C1CC1. The molecule has 0 aromatic carbocycles. The lowest BCUT2D eigenvalue weighted by Gasteiger charge is -2.33. The zero-order valence-corrected chi connectivity index (χ0v) is 13.5. The van der Waals surface area contributed by atoms with Crippen LogP contribution in [0, 0.1) is 5.92 Å². The number of carbonyl (C=O) groups is 1. The quantitative estimate of drug-likeness (QED) is 0.781. The average Bonchev–Trinajstić information content (AvgIpc) is 3.31. The topological polar surface area (TPSA) is 43.8 Å². The maximum absolute atomic E-state index is 12.8. The minimum atomic E-state index is -0.268. The molecule has 3 rings (SSSR count). The molecule has 2 aliphatic carbocycles. The van der Waals surface area contributed by atoms with Gasteiger partial charge in [0, 0.05) is 18.1 Å². The van der Waals surface area contributed by atoms with Gasteiger partial charge in [-0.2, -0.15) is 0 Å². The van der Waals surface area contributed by atoms with Crippen LogP contribution < -0.4 is 0 Å². The first-order valence-corrected chi connectivity index (χ1v) is 8.79. The summed E-state index contributed by atoms with van der Waals surface area (Å²) in [5.41, 5.74) is 0. The van der Waals surface area contributed by atoms with Crippen molar-refractivity contribution >= 4 is 5.91 Å². The molecule has 1 saturated heterocycles. The zero-order chi connectivity index (χ0) is 15.0. The summed E-state index contributed by atoms with van der Waals surface area (Å²) >= 11 is 0. The highest BCUT2D eigenvalue weighted by molar-refractivity contribution is 5.79. The van der Waals surface area contributed by atoms with Crippen LogP contribution in [0.15, 0.2) is 0 Å². The van der Waals surface area contributed by atoms with E-state index in [0.29, 0.717) is 30.6 Å². The fourth-order valence-electron chi connectivity index (χ4n) is 3.94. The maximum atomic E-state index is 12.8. The summed E-state index contributed by atoms with van der Waals surface area (Å²) < 4.78 is 0. The second kappa shape index (κ2) is 6.25. The molecule has 1 heterocycles. The van der Waals surface area contributed by atoms with Crippen molar-refractivity contribution in [1.29, 1.82) is 0 Å². The van der Waals surface area contributed by atoms with E-state index in [0.717, 1.165) is 31.7 Å². The molecule has 120 valence electrons. The number of rotatable bonds is 7. The first kappa shape index (κ1) is 15.3. The number of nitrogens with zero attached hydrogens (tertiary/aromatic N) is 2. The van der Waals surface area contributed by atoms with Gasteiger partial charge >= 0.3 is 0 Å². The molecule has 0 spiro atoms. The van der Waals surface area contributed by atoms with Gasteiger partial charge in [0.05, 0.1) is 12.6 Å². The average molecular weight is 294 g/mol. The Morgan fingerprint density at radius 3 is 2.52 bits per heavy atom. The van der Waals surface area contributed by atoms with Gasteiger partial charge < -0.3 is 10.0 Å². The van der Waals surface area contributed by atoms with Crippen LogP contribution in [-0.2, 0) is 4.79 Å². The second-order valence-electron chi connectivity index (χ2n) is 7.46. The Balaban J connectivity index is 1.58. The van der Waals surface area contributed by atoms with Gasteiger partial charge in [-0.1, -0.05) is 0 Å². The molecule has 1 N–H and O–H groups in total. The van der Waals surface area contributed by atoms with Crippen molar-refractivity contribution in [1.82, 2.24) is 9.80 Å². The van der Waals surface area contributed by atoms with Crippen LogP contribution in [0.4, 0.5) is 0 Å². The fraction of sp³-hybridized carbons (Fsp3) is 0.941. The Morgan fingerprint density at radius 1 is 1.24 bits per heavy atom. The van der Waals surface area contributed by atoms with E-state index in [1.807, 2.05) is 6.92 Å². The summed E-state index contributed by atoms with van der Waals surface area (Å²) in [7, 11) is 0. The standard InChI is InChI=1S/C17H30N2O2/c1-12(20)10-16-4-3-9-18(16)11-17(21)19(15-7-8-15)13(2)14-5-6-14/h12-16,20H,3-11H2,1-2H3. The van der Waals surface area contributed by atoms with Gasteiger partial charge in [0.1, 0.15) is 0 Å². The van der Waals surface area contributed by atoms with E-state index in [2.05, 4.69) is 16.7 Å². The van der Waals surface area contributed by atoms with Crippen LogP contribution >= 0.6 is 0 Å². The highest BCUT2D eigenvalue weighted by Gasteiger charge is 2.42. The molecule has 3 atom stereocenters. The monoisotopic (exact) mass is 294 g/mol. The predicted molar refractivity (Wildman–Crippen MR) is 82.9 cm³/mol. The van der Waals surface area contributed by atoms with Gasteiger partial charge in [0.15, 0.2) is 0 Å². The lowest BCUT2D eigenvalue weighted by Crippen LogP contribution is -2.48. The normalized spacial score (nSPS) is 29.4. The van der Waals surface area contributed by atoms with E-state index in [1.54, 1.807) is 0 Å². The molecule has 4 nitrogen and oxygen atoms in total. The minimum Gasteiger partial charge on any atom is -0.393 e.